The zero-order chi connectivity index (χ0) is 35.3. The Morgan fingerprint density at radius 2 is 0.875 bits per heavy atom. The lowest BCUT2D eigenvalue weighted by molar-refractivity contribution is -0.132. The van der Waals surface area contributed by atoms with Gasteiger partial charge >= 0.3 is 0 Å². The van der Waals surface area contributed by atoms with E-state index >= 15 is 0 Å². The normalized spacial score (nSPS) is 14.5. The number of carbonyl (C=O) groups excluding carboxylic acids is 1. The van der Waals surface area contributed by atoms with Crippen molar-refractivity contribution >= 4 is 5.91 Å². The fraction of sp³-hybridized carbons (Fsp3) is 0.881. The SMILES string of the molecule is CCCCCCCCCCCCC/C=C/CC/C=C/CCCC(O)C(O)C(CO)NC(=O)C(O)CCCCCCCCCCCCCC. The van der Waals surface area contributed by atoms with Crippen LogP contribution in [0.25, 0.3) is 0 Å². The monoisotopic (exact) mass is 680 g/mol. The van der Waals surface area contributed by atoms with Crippen molar-refractivity contribution < 1.29 is 25.2 Å². The van der Waals surface area contributed by atoms with E-state index < -0.39 is 36.9 Å². The average molecular weight is 680 g/mol. The van der Waals surface area contributed by atoms with Crippen LogP contribution in [0.1, 0.15) is 206 Å². The van der Waals surface area contributed by atoms with Gasteiger partial charge in [0.1, 0.15) is 12.2 Å². The number of aliphatic hydroxyl groups is 4. The Bertz CT molecular complexity index is 727. The second kappa shape index (κ2) is 37.1. The molecule has 4 unspecified atom stereocenters. The van der Waals surface area contributed by atoms with Gasteiger partial charge in [0.25, 0.3) is 0 Å². The Labute approximate surface area is 297 Å². The summed E-state index contributed by atoms with van der Waals surface area (Å²) in [6.07, 6.45) is 40.6. The van der Waals surface area contributed by atoms with Gasteiger partial charge < -0.3 is 25.7 Å². The van der Waals surface area contributed by atoms with Gasteiger partial charge in [-0.15, -0.1) is 0 Å². The van der Waals surface area contributed by atoms with E-state index in [4.69, 9.17) is 0 Å². The number of rotatable bonds is 37. The number of aliphatic hydroxyl groups excluding tert-OH is 4. The second-order valence-corrected chi connectivity index (χ2v) is 14.3. The summed E-state index contributed by atoms with van der Waals surface area (Å²) < 4.78 is 0. The van der Waals surface area contributed by atoms with Crippen molar-refractivity contribution in [1.82, 2.24) is 5.32 Å². The van der Waals surface area contributed by atoms with Gasteiger partial charge in [0.05, 0.1) is 18.8 Å². The van der Waals surface area contributed by atoms with E-state index in [1.807, 2.05) is 0 Å². The quantitative estimate of drug-likeness (QED) is 0.0332. The first kappa shape index (κ1) is 46.8. The molecule has 0 aliphatic rings. The zero-order valence-electron chi connectivity index (χ0n) is 31.7. The highest BCUT2D eigenvalue weighted by atomic mass is 16.3. The molecule has 0 heterocycles. The Hall–Kier alpha value is -1.21. The lowest BCUT2D eigenvalue weighted by atomic mass is 10.00. The first-order chi connectivity index (χ1) is 23.5. The van der Waals surface area contributed by atoms with Crippen molar-refractivity contribution in [3.05, 3.63) is 24.3 Å². The first-order valence-corrected chi connectivity index (χ1v) is 20.7. The molecule has 6 heteroatoms. The summed E-state index contributed by atoms with van der Waals surface area (Å²) in [5.41, 5.74) is 0. The third kappa shape index (κ3) is 30.8. The maximum Gasteiger partial charge on any atom is 0.249 e. The van der Waals surface area contributed by atoms with Gasteiger partial charge in [-0.3, -0.25) is 4.79 Å². The van der Waals surface area contributed by atoms with Gasteiger partial charge in [0, 0.05) is 0 Å². The topological polar surface area (TPSA) is 110 Å². The number of hydrogen-bond donors (Lipinski definition) is 5. The third-order valence-electron chi connectivity index (χ3n) is 9.64. The minimum atomic E-state index is -1.28. The summed E-state index contributed by atoms with van der Waals surface area (Å²) in [7, 11) is 0. The van der Waals surface area contributed by atoms with E-state index in [-0.39, 0.29) is 0 Å². The molecule has 0 spiro atoms. The van der Waals surface area contributed by atoms with Crippen LogP contribution < -0.4 is 5.32 Å². The fourth-order valence-electron chi connectivity index (χ4n) is 6.30. The van der Waals surface area contributed by atoms with E-state index in [1.165, 1.54) is 135 Å². The van der Waals surface area contributed by atoms with Crippen LogP contribution in [-0.4, -0.2) is 57.3 Å². The number of amides is 1. The van der Waals surface area contributed by atoms with Gasteiger partial charge in [-0.05, 0) is 51.4 Å². The predicted molar refractivity (Wildman–Crippen MR) is 205 cm³/mol. The molecule has 0 fully saturated rings. The van der Waals surface area contributed by atoms with Crippen LogP contribution in [-0.2, 0) is 4.79 Å². The van der Waals surface area contributed by atoms with Crippen molar-refractivity contribution in [2.75, 3.05) is 6.61 Å². The molecule has 4 atom stereocenters. The van der Waals surface area contributed by atoms with Crippen LogP contribution in [0.2, 0.25) is 0 Å². The van der Waals surface area contributed by atoms with Crippen LogP contribution in [0.3, 0.4) is 0 Å². The average Bonchev–Trinajstić information content (AvgIpc) is 3.09. The maximum absolute atomic E-state index is 12.4. The molecule has 0 bridgehead atoms. The highest BCUT2D eigenvalue weighted by molar-refractivity contribution is 5.80. The van der Waals surface area contributed by atoms with Crippen LogP contribution in [0.4, 0.5) is 0 Å². The Morgan fingerprint density at radius 3 is 1.31 bits per heavy atom. The number of hydrogen-bond acceptors (Lipinski definition) is 5. The zero-order valence-corrected chi connectivity index (χ0v) is 31.7. The maximum atomic E-state index is 12.4. The molecule has 0 aromatic rings. The molecule has 0 aromatic carbocycles. The molecular formula is C42H81NO5. The molecule has 0 radical (unpaired) electrons. The summed E-state index contributed by atoms with van der Waals surface area (Å²) in [5, 5.41) is 43.5. The molecule has 284 valence electrons. The van der Waals surface area contributed by atoms with Crippen LogP contribution >= 0.6 is 0 Å². The molecule has 6 nitrogen and oxygen atoms in total. The summed E-state index contributed by atoms with van der Waals surface area (Å²) in [6, 6.07) is -1.00. The van der Waals surface area contributed by atoms with Crippen molar-refractivity contribution in [3.8, 4) is 0 Å². The first-order valence-electron chi connectivity index (χ1n) is 20.7. The number of carbonyl (C=O) groups is 1. The molecule has 0 saturated heterocycles. The number of nitrogens with one attached hydrogen (secondary N) is 1. The van der Waals surface area contributed by atoms with Crippen LogP contribution in [0, 0.1) is 0 Å². The van der Waals surface area contributed by atoms with Gasteiger partial charge in [0.15, 0.2) is 0 Å². The van der Waals surface area contributed by atoms with Crippen molar-refractivity contribution in [1.29, 1.82) is 0 Å². The summed E-state index contributed by atoms with van der Waals surface area (Å²) in [5.74, 6) is -0.598. The smallest absolute Gasteiger partial charge is 0.249 e. The molecule has 0 saturated carbocycles. The van der Waals surface area contributed by atoms with E-state index in [2.05, 4.69) is 43.5 Å². The predicted octanol–water partition coefficient (Wildman–Crippen LogP) is 10.4. The van der Waals surface area contributed by atoms with Crippen molar-refractivity contribution in [3.63, 3.8) is 0 Å². The molecule has 0 rings (SSSR count). The Balaban J connectivity index is 3.82. The minimum Gasteiger partial charge on any atom is -0.394 e. The Morgan fingerprint density at radius 1 is 0.500 bits per heavy atom. The number of unbranched alkanes of at least 4 members (excludes halogenated alkanes) is 24. The second-order valence-electron chi connectivity index (χ2n) is 14.3. The lowest BCUT2D eigenvalue weighted by Gasteiger charge is -2.27. The van der Waals surface area contributed by atoms with Crippen LogP contribution in [0.5, 0.6) is 0 Å². The van der Waals surface area contributed by atoms with Crippen molar-refractivity contribution in [2.24, 2.45) is 0 Å². The standard InChI is InChI=1S/C42H81NO5/c1-3-5-7-9-11-13-15-17-18-19-20-21-22-23-24-26-27-29-31-33-35-39(45)41(47)38(37-44)43-42(48)40(46)36-34-32-30-28-25-16-14-12-10-8-6-4-2/h22-23,27,29,38-41,44-47H,3-21,24-26,28,30-37H2,1-2H3,(H,43,48)/b23-22+,29-27+. The molecule has 0 aliphatic carbocycles. The minimum absolute atomic E-state index is 0.363. The van der Waals surface area contributed by atoms with E-state index in [9.17, 15) is 25.2 Å². The van der Waals surface area contributed by atoms with Gasteiger partial charge in [0.2, 0.25) is 5.91 Å². The summed E-state index contributed by atoms with van der Waals surface area (Å²) in [4.78, 5) is 12.4. The highest BCUT2D eigenvalue weighted by Crippen LogP contribution is 2.15. The summed E-state index contributed by atoms with van der Waals surface area (Å²) in [6.45, 7) is 4.02. The summed E-state index contributed by atoms with van der Waals surface area (Å²) >= 11 is 0. The van der Waals surface area contributed by atoms with E-state index in [0.29, 0.717) is 19.3 Å². The molecule has 1 amide bonds. The molecule has 0 aliphatic heterocycles. The van der Waals surface area contributed by atoms with Gasteiger partial charge in [-0.25, -0.2) is 0 Å². The fourth-order valence-corrected chi connectivity index (χ4v) is 6.30. The van der Waals surface area contributed by atoms with Gasteiger partial charge in [-0.1, -0.05) is 179 Å². The lowest BCUT2D eigenvalue weighted by Crippen LogP contribution is -2.53. The Kier molecular flexibility index (Phi) is 36.1. The molecule has 5 N–H and O–H groups in total. The molecule has 0 aromatic heterocycles. The molecular weight excluding hydrogens is 598 g/mol. The third-order valence-corrected chi connectivity index (χ3v) is 9.64. The number of allylic oxidation sites excluding steroid dienone is 4. The van der Waals surface area contributed by atoms with E-state index in [1.54, 1.807) is 0 Å². The van der Waals surface area contributed by atoms with E-state index in [0.717, 1.165) is 38.5 Å². The highest BCUT2D eigenvalue weighted by Gasteiger charge is 2.28. The van der Waals surface area contributed by atoms with Crippen LogP contribution in [0.15, 0.2) is 24.3 Å². The van der Waals surface area contributed by atoms with Crippen molar-refractivity contribution in [2.45, 2.75) is 231 Å². The molecule has 48 heavy (non-hydrogen) atoms. The largest absolute Gasteiger partial charge is 0.394 e. The van der Waals surface area contributed by atoms with Gasteiger partial charge in [-0.2, -0.15) is 0 Å².